The molecule has 1 aromatic heterocycles. The Hall–Kier alpha value is -1.80. The lowest BCUT2D eigenvalue weighted by atomic mass is 9.99. The Kier molecular flexibility index (Phi) is 4.35. The second-order valence-electron chi connectivity index (χ2n) is 6.28. The summed E-state index contributed by atoms with van der Waals surface area (Å²) < 4.78 is 45.0. The van der Waals surface area contributed by atoms with Crippen LogP contribution < -0.4 is 5.32 Å². The van der Waals surface area contributed by atoms with E-state index in [1.807, 2.05) is 0 Å². The minimum Gasteiger partial charge on any atom is -0.444 e. The second-order valence-corrected chi connectivity index (χ2v) is 6.28. The fraction of sp³-hybridized carbons (Fsp3) is 0.769. The van der Waals surface area contributed by atoms with Crippen LogP contribution in [0.25, 0.3) is 0 Å². The highest BCUT2D eigenvalue weighted by atomic mass is 19.4. The summed E-state index contributed by atoms with van der Waals surface area (Å²) >= 11 is 0. The van der Waals surface area contributed by atoms with E-state index in [1.54, 1.807) is 20.8 Å². The van der Waals surface area contributed by atoms with Crippen LogP contribution in [0.3, 0.4) is 0 Å². The zero-order chi connectivity index (χ0) is 16.5. The number of rotatable bonds is 2. The first kappa shape index (κ1) is 16.6. The Morgan fingerprint density at radius 1 is 1.36 bits per heavy atom. The molecule has 9 heteroatoms. The number of fused-ring (bicyclic) bond motifs is 1. The highest BCUT2D eigenvalue weighted by molar-refractivity contribution is 5.67. The number of halogens is 3. The smallest absolute Gasteiger partial charge is 0.408 e. The number of alkyl halides is 3. The number of hydrogen-bond acceptors (Lipinski definition) is 4. The van der Waals surface area contributed by atoms with E-state index in [9.17, 15) is 18.0 Å². The van der Waals surface area contributed by atoms with Crippen LogP contribution in [0.1, 0.15) is 38.8 Å². The summed E-state index contributed by atoms with van der Waals surface area (Å²) in [6, 6.07) is 0. The van der Waals surface area contributed by atoms with Crippen LogP contribution in [-0.2, 0) is 24.2 Å². The largest absolute Gasteiger partial charge is 0.444 e. The summed E-state index contributed by atoms with van der Waals surface area (Å²) in [6.45, 7) is 4.93. The highest BCUT2D eigenvalue weighted by Crippen LogP contribution is 2.34. The number of aromatic nitrogens is 3. The lowest BCUT2D eigenvalue weighted by Crippen LogP contribution is -2.35. The molecule has 0 saturated heterocycles. The molecule has 124 valence electrons. The average Bonchev–Trinajstić information content (AvgIpc) is 2.75. The van der Waals surface area contributed by atoms with Crippen molar-refractivity contribution in [2.45, 2.75) is 58.5 Å². The van der Waals surface area contributed by atoms with Crippen LogP contribution in [0.4, 0.5) is 18.0 Å². The third-order valence-corrected chi connectivity index (χ3v) is 3.28. The van der Waals surface area contributed by atoms with E-state index in [0.717, 1.165) is 0 Å². The van der Waals surface area contributed by atoms with E-state index >= 15 is 0 Å². The van der Waals surface area contributed by atoms with Gasteiger partial charge in [0.2, 0.25) is 0 Å². The topological polar surface area (TPSA) is 69.0 Å². The van der Waals surface area contributed by atoms with E-state index in [-0.39, 0.29) is 25.9 Å². The molecule has 6 nitrogen and oxygen atoms in total. The van der Waals surface area contributed by atoms with E-state index < -0.39 is 23.8 Å². The van der Waals surface area contributed by atoms with Gasteiger partial charge in [-0.15, -0.1) is 10.2 Å². The molecule has 0 aliphatic carbocycles. The summed E-state index contributed by atoms with van der Waals surface area (Å²) in [7, 11) is 0. The molecular weight excluding hydrogens is 301 g/mol. The van der Waals surface area contributed by atoms with E-state index in [2.05, 4.69) is 15.5 Å². The Balaban J connectivity index is 2.00. The third kappa shape index (κ3) is 4.11. The normalized spacial score (nSPS) is 18.7. The lowest BCUT2D eigenvalue weighted by molar-refractivity contribution is -0.182. The molecule has 0 aromatic carbocycles. The Labute approximate surface area is 126 Å². The van der Waals surface area contributed by atoms with Crippen molar-refractivity contribution in [2.24, 2.45) is 5.92 Å². The minimum atomic E-state index is -4.24. The molecule has 1 N–H and O–H groups in total. The van der Waals surface area contributed by atoms with Crippen LogP contribution in [-0.4, -0.2) is 32.6 Å². The fourth-order valence-corrected chi connectivity index (χ4v) is 2.25. The third-order valence-electron chi connectivity index (χ3n) is 3.28. The number of nitrogens with zero attached hydrogens (tertiary/aromatic N) is 3. The molecule has 0 radical (unpaired) electrons. The predicted molar refractivity (Wildman–Crippen MR) is 71.0 cm³/mol. The van der Waals surface area contributed by atoms with Gasteiger partial charge in [-0.05, 0) is 27.2 Å². The highest BCUT2D eigenvalue weighted by Gasteiger charge is 2.42. The van der Waals surface area contributed by atoms with E-state index in [1.165, 1.54) is 4.57 Å². The van der Waals surface area contributed by atoms with Crippen molar-refractivity contribution >= 4 is 6.09 Å². The van der Waals surface area contributed by atoms with Gasteiger partial charge in [-0.2, -0.15) is 13.2 Å². The number of carbonyl (C=O) groups is 1. The molecule has 0 bridgehead atoms. The van der Waals surface area contributed by atoms with Crippen molar-refractivity contribution in [1.29, 1.82) is 0 Å². The predicted octanol–water partition coefficient (Wildman–Crippen LogP) is 2.43. The zero-order valence-corrected chi connectivity index (χ0v) is 12.7. The first-order chi connectivity index (χ1) is 10.1. The number of aryl methyl sites for hydroxylation is 1. The Morgan fingerprint density at radius 3 is 2.64 bits per heavy atom. The molecule has 0 spiro atoms. The van der Waals surface area contributed by atoms with Gasteiger partial charge in [0.25, 0.3) is 0 Å². The van der Waals surface area contributed by atoms with Crippen LogP contribution in [0.2, 0.25) is 0 Å². The Morgan fingerprint density at radius 2 is 2.05 bits per heavy atom. The molecule has 1 atom stereocenters. The lowest BCUT2D eigenvalue weighted by Gasteiger charge is -2.26. The monoisotopic (exact) mass is 320 g/mol. The fourth-order valence-electron chi connectivity index (χ4n) is 2.25. The summed E-state index contributed by atoms with van der Waals surface area (Å²) in [5, 5.41) is 10.2. The van der Waals surface area contributed by atoms with Gasteiger partial charge in [0.15, 0.2) is 5.82 Å². The van der Waals surface area contributed by atoms with Crippen molar-refractivity contribution in [3.63, 3.8) is 0 Å². The van der Waals surface area contributed by atoms with Crippen molar-refractivity contribution < 1.29 is 22.7 Å². The van der Waals surface area contributed by atoms with Crippen molar-refractivity contribution in [3.05, 3.63) is 11.6 Å². The van der Waals surface area contributed by atoms with Gasteiger partial charge >= 0.3 is 12.3 Å². The summed E-state index contributed by atoms with van der Waals surface area (Å²) in [5.74, 6) is -0.590. The van der Waals surface area contributed by atoms with Crippen LogP contribution in [0, 0.1) is 5.92 Å². The van der Waals surface area contributed by atoms with Gasteiger partial charge in [0.1, 0.15) is 11.4 Å². The minimum absolute atomic E-state index is 0.0150. The molecule has 1 aromatic rings. The van der Waals surface area contributed by atoms with Gasteiger partial charge in [-0.1, -0.05) is 0 Å². The summed E-state index contributed by atoms with van der Waals surface area (Å²) in [6.07, 6.45) is -4.64. The molecule has 1 amide bonds. The maximum Gasteiger partial charge on any atom is 0.408 e. The molecule has 0 unspecified atom stereocenters. The van der Waals surface area contributed by atoms with Gasteiger partial charge in [-0.25, -0.2) is 4.79 Å². The molecule has 0 saturated carbocycles. The quantitative estimate of drug-likeness (QED) is 0.908. The number of nitrogens with one attached hydrogen (secondary N) is 1. The SMILES string of the molecule is CC(C)(C)OC(=O)NCc1nnc2n1C[C@@H](C(F)(F)F)CC2. The molecule has 22 heavy (non-hydrogen) atoms. The number of ether oxygens (including phenoxy) is 1. The summed E-state index contributed by atoms with van der Waals surface area (Å²) in [4.78, 5) is 11.6. The zero-order valence-electron chi connectivity index (χ0n) is 12.7. The maximum absolute atomic E-state index is 12.8. The van der Waals surface area contributed by atoms with Crippen molar-refractivity contribution in [2.75, 3.05) is 0 Å². The van der Waals surface area contributed by atoms with Crippen LogP contribution >= 0.6 is 0 Å². The number of carbonyl (C=O) groups excluding carboxylic acids is 1. The van der Waals surface area contributed by atoms with Crippen molar-refractivity contribution in [3.8, 4) is 0 Å². The molecule has 0 fully saturated rings. The van der Waals surface area contributed by atoms with Crippen LogP contribution in [0.5, 0.6) is 0 Å². The Bertz CT molecular complexity index is 548. The molecule has 1 aliphatic heterocycles. The van der Waals surface area contributed by atoms with Gasteiger partial charge in [0.05, 0.1) is 12.5 Å². The van der Waals surface area contributed by atoms with Crippen molar-refractivity contribution in [1.82, 2.24) is 20.1 Å². The first-order valence-corrected chi connectivity index (χ1v) is 7.01. The van der Waals surface area contributed by atoms with E-state index in [0.29, 0.717) is 11.6 Å². The number of amides is 1. The first-order valence-electron chi connectivity index (χ1n) is 7.01. The molecule has 2 rings (SSSR count). The second kappa shape index (κ2) is 5.77. The van der Waals surface area contributed by atoms with Gasteiger partial charge < -0.3 is 14.6 Å². The van der Waals surface area contributed by atoms with Crippen LogP contribution in [0.15, 0.2) is 0 Å². The summed E-state index contributed by atoms with van der Waals surface area (Å²) in [5.41, 5.74) is -0.643. The van der Waals surface area contributed by atoms with Gasteiger partial charge in [0, 0.05) is 13.0 Å². The maximum atomic E-state index is 12.8. The average molecular weight is 320 g/mol. The standard InChI is InChI=1S/C13H19F3N4O2/c1-12(2,3)22-11(21)17-6-10-19-18-9-5-4-8(7-20(9)10)13(14,15)16/h8H,4-7H2,1-3H3,(H,17,21)/t8-/m0/s1. The molecular formula is C13H19F3N4O2. The number of alkyl carbamates (subject to hydrolysis) is 1. The molecule has 2 heterocycles. The van der Waals surface area contributed by atoms with E-state index in [4.69, 9.17) is 4.74 Å². The molecule has 1 aliphatic rings. The number of hydrogen-bond donors (Lipinski definition) is 1. The van der Waals surface area contributed by atoms with Gasteiger partial charge in [-0.3, -0.25) is 0 Å².